The highest BCUT2D eigenvalue weighted by atomic mass is 16.5. The molecule has 4 nitrogen and oxygen atoms in total. The number of aromatic hydroxyl groups is 1. The molecule has 0 amide bonds. The maximum atomic E-state index is 9.76. The Labute approximate surface area is 137 Å². The Morgan fingerprint density at radius 2 is 1.48 bits per heavy atom. The third kappa shape index (κ3) is 4.71. The largest absolute Gasteiger partial charge is 0.504 e. The van der Waals surface area contributed by atoms with E-state index in [9.17, 15) is 15.3 Å². The summed E-state index contributed by atoms with van der Waals surface area (Å²) in [4.78, 5) is 0. The van der Waals surface area contributed by atoms with Gasteiger partial charge in [0.2, 0.25) is 0 Å². The smallest absolute Gasteiger partial charge is 0.160 e. The number of methoxy groups -OCH3 is 1. The molecule has 0 aromatic heterocycles. The summed E-state index contributed by atoms with van der Waals surface area (Å²) in [5.74, 6) is 0.430. The Kier molecular flexibility index (Phi) is 6.44. The van der Waals surface area contributed by atoms with Crippen molar-refractivity contribution in [2.45, 2.75) is 12.8 Å². The van der Waals surface area contributed by atoms with E-state index in [1.165, 1.54) is 7.11 Å². The van der Waals surface area contributed by atoms with Crippen molar-refractivity contribution in [2.75, 3.05) is 20.3 Å². The van der Waals surface area contributed by atoms with Gasteiger partial charge in [-0.15, -0.1) is 0 Å². The molecule has 0 radical (unpaired) electrons. The van der Waals surface area contributed by atoms with Crippen LogP contribution in [0.5, 0.6) is 11.5 Å². The van der Waals surface area contributed by atoms with Crippen molar-refractivity contribution in [3.05, 3.63) is 59.7 Å². The lowest BCUT2D eigenvalue weighted by atomic mass is 9.83. The van der Waals surface area contributed by atoms with Crippen LogP contribution in [0.3, 0.4) is 0 Å². The van der Waals surface area contributed by atoms with Crippen molar-refractivity contribution in [2.24, 2.45) is 11.8 Å². The normalized spacial score (nSPS) is 13.5. The topological polar surface area (TPSA) is 69.9 Å². The molecule has 2 rings (SSSR count). The summed E-state index contributed by atoms with van der Waals surface area (Å²) in [5, 5.41) is 29.2. The monoisotopic (exact) mass is 316 g/mol. The minimum absolute atomic E-state index is 0.00124. The highest BCUT2D eigenvalue weighted by Crippen LogP contribution is 2.29. The molecule has 0 aliphatic rings. The second-order valence-electron chi connectivity index (χ2n) is 5.79. The van der Waals surface area contributed by atoms with Crippen molar-refractivity contribution in [3.63, 3.8) is 0 Å². The molecule has 124 valence electrons. The maximum absolute atomic E-state index is 9.76. The Morgan fingerprint density at radius 3 is 2.04 bits per heavy atom. The van der Waals surface area contributed by atoms with Gasteiger partial charge >= 0.3 is 0 Å². The lowest BCUT2D eigenvalue weighted by Crippen LogP contribution is -2.26. The molecule has 2 aromatic rings. The lowest BCUT2D eigenvalue weighted by molar-refractivity contribution is 0.119. The highest BCUT2D eigenvalue weighted by Gasteiger charge is 2.21. The number of aliphatic hydroxyl groups excluding tert-OH is 2. The molecular weight excluding hydrogens is 292 g/mol. The van der Waals surface area contributed by atoms with E-state index in [1.807, 2.05) is 36.4 Å². The minimum atomic E-state index is -0.0607. The first kappa shape index (κ1) is 17.3. The first-order chi connectivity index (χ1) is 11.2. The molecule has 0 aliphatic carbocycles. The molecule has 3 N–H and O–H groups in total. The first-order valence-corrected chi connectivity index (χ1v) is 7.79. The molecule has 0 aliphatic heterocycles. The number of phenolic OH excluding ortho intramolecular Hbond substituents is 1. The highest BCUT2D eigenvalue weighted by molar-refractivity contribution is 5.41. The van der Waals surface area contributed by atoms with Gasteiger partial charge in [-0.1, -0.05) is 36.4 Å². The van der Waals surface area contributed by atoms with E-state index in [0.717, 1.165) is 17.5 Å². The molecular formula is C19H24O4. The fourth-order valence-electron chi connectivity index (χ4n) is 2.83. The molecule has 2 atom stereocenters. The average Bonchev–Trinajstić information content (AvgIpc) is 2.60. The summed E-state index contributed by atoms with van der Waals surface area (Å²) in [6.07, 6.45) is 1.34. The fraction of sp³-hybridized carbons (Fsp3) is 0.368. The summed E-state index contributed by atoms with van der Waals surface area (Å²) < 4.78 is 5.12. The number of benzene rings is 2. The van der Waals surface area contributed by atoms with Crippen LogP contribution in [0.25, 0.3) is 0 Å². The van der Waals surface area contributed by atoms with Crippen LogP contribution in [-0.2, 0) is 12.8 Å². The number of hydrogen-bond acceptors (Lipinski definition) is 4. The van der Waals surface area contributed by atoms with Crippen LogP contribution in [0.4, 0.5) is 0 Å². The van der Waals surface area contributed by atoms with Gasteiger partial charge in [0, 0.05) is 13.2 Å². The van der Waals surface area contributed by atoms with E-state index in [0.29, 0.717) is 12.2 Å². The second kappa shape index (κ2) is 8.56. The van der Waals surface area contributed by atoms with Crippen LogP contribution < -0.4 is 4.74 Å². The Balaban J connectivity index is 2.10. The zero-order valence-electron chi connectivity index (χ0n) is 13.4. The molecule has 0 fully saturated rings. The Hall–Kier alpha value is -2.04. The van der Waals surface area contributed by atoms with Gasteiger partial charge in [0.1, 0.15) is 0 Å². The molecule has 2 unspecified atom stereocenters. The molecule has 0 heterocycles. The average molecular weight is 316 g/mol. The van der Waals surface area contributed by atoms with Crippen LogP contribution in [0.1, 0.15) is 11.1 Å². The molecule has 23 heavy (non-hydrogen) atoms. The van der Waals surface area contributed by atoms with E-state index in [-0.39, 0.29) is 30.8 Å². The van der Waals surface area contributed by atoms with Gasteiger partial charge in [0.05, 0.1) is 7.11 Å². The van der Waals surface area contributed by atoms with Gasteiger partial charge in [-0.3, -0.25) is 0 Å². The summed E-state index contributed by atoms with van der Waals surface area (Å²) in [6.45, 7) is 0.0244. The quantitative estimate of drug-likeness (QED) is 0.699. The third-order valence-corrected chi connectivity index (χ3v) is 4.22. The summed E-state index contributed by atoms with van der Waals surface area (Å²) >= 11 is 0. The van der Waals surface area contributed by atoms with Gasteiger partial charge in [-0.25, -0.2) is 0 Å². The standard InChI is InChI=1S/C19H24O4/c1-23-19-11-15(7-8-18(19)22)10-17(13-21)16(12-20)9-14-5-3-2-4-6-14/h2-8,11,16-17,20-22H,9-10,12-13H2,1H3. The molecule has 0 saturated heterocycles. The zero-order chi connectivity index (χ0) is 16.7. The zero-order valence-corrected chi connectivity index (χ0v) is 13.4. The predicted octanol–water partition coefficient (Wildman–Crippen LogP) is 2.40. The lowest BCUT2D eigenvalue weighted by Gasteiger charge is -2.24. The third-order valence-electron chi connectivity index (χ3n) is 4.22. The van der Waals surface area contributed by atoms with E-state index >= 15 is 0 Å². The molecule has 2 aromatic carbocycles. The van der Waals surface area contributed by atoms with Crippen molar-refractivity contribution < 1.29 is 20.1 Å². The number of hydrogen-bond donors (Lipinski definition) is 3. The van der Waals surface area contributed by atoms with Gasteiger partial charge in [0.15, 0.2) is 11.5 Å². The van der Waals surface area contributed by atoms with Crippen LogP contribution in [-0.4, -0.2) is 35.6 Å². The summed E-state index contributed by atoms with van der Waals surface area (Å²) in [5.41, 5.74) is 2.11. The predicted molar refractivity (Wildman–Crippen MR) is 89.7 cm³/mol. The number of aliphatic hydroxyl groups is 2. The van der Waals surface area contributed by atoms with Crippen molar-refractivity contribution in [3.8, 4) is 11.5 Å². The van der Waals surface area contributed by atoms with Gasteiger partial charge in [-0.05, 0) is 47.9 Å². The summed E-state index contributed by atoms with van der Waals surface area (Å²) in [6, 6.07) is 15.1. The first-order valence-electron chi connectivity index (χ1n) is 7.79. The number of rotatable bonds is 8. The minimum Gasteiger partial charge on any atom is -0.504 e. The van der Waals surface area contributed by atoms with Crippen LogP contribution in [0, 0.1) is 11.8 Å². The Bertz CT molecular complexity index is 598. The van der Waals surface area contributed by atoms with Crippen molar-refractivity contribution in [1.82, 2.24) is 0 Å². The van der Waals surface area contributed by atoms with Crippen LogP contribution in [0.2, 0.25) is 0 Å². The number of phenols is 1. The van der Waals surface area contributed by atoms with E-state index in [4.69, 9.17) is 4.74 Å². The van der Waals surface area contributed by atoms with Gasteiger partial charge in [0.25, 0.3) is 0 Å². The number of ether oxygens (including phenoxy) is 1. The van der Waals surface area contributed by atoms with Crippen molar-refractivity contribution >= 4 is 0 Å². The fourth-order valence-corrected chi connectivity index (χ4v) is 2.83. The van der Waals surface area contributed by atoms with Crippen molar-refractivity contribution in [1.29, 1.82) is 0 Å². The van der Waals surface area contributed by atoms with Crippen LogP contribution in [0.15, 0.2) is 48.5 Å². The van der Waals surface area contributed by atoms with Crippen LogP contribution >= 0.6 is 0 Å². The summed E-state index contributed by atoms with van der Waals surface area (Å²) in [7, 11) is 1.51. The Morgan fingerprint density at radius 1 is 0.870 bits per heavy atom. The molecule has 0 saturated carbocycles. The van der Waals surface area contributed by atoms with E-state index in [2.05, 4.69) is 0 Å². The molecule has 0 bridgehead atoms. The van der Waals surface area contributed by atoms with Gasteiger partial charge in [-0.2, -0.15) is 0 Å². The second-order valence-corrected chi connectivity index (χ2v) is 5.79. The molecule has 4 heteroatoms. The van der Waals surface area contributed by atoms with E-state index in [1.54, 1.807) is 12.1 Å². The molecule has 0 spiro atoms. The van der Waals surface area contributed by atoms with Gasteiger partial charge < -0.3 is 20.1 Å². The maximum Gasteiger partial charge on any atom is 0.160 e. The SMILES string of the molecule is COc1cc(CC(CO)C(CO)Cc2ccccc2)ccc1O. The van der Waals surface area contributed by atoms with E-state index < -0.39 is 0 Å².